The molecule has 0 unspecified atom stereocenters. The van der Waals surface area contributed by atoms with Crippen LogP contribution in [0.25, 0.3) is 22.9 Å². The highest BCUT2D eigenvalue weighted by molar-refractivity contribution is 6.57. The van der Waals surface area contributed by atoms with Gasteiger partial charge in [0, 0.05) is 16.7 Å². The van der Waals surface area contributed by atoms with Crippen molar-refractivity contribution in [1.29, 1.82) is 0 Å². The Hall–Kier alpha value is -2.62. The summed E-state index contributed by atoms with van der Waals surface area (Å²) < 4.78 is 0. The highest BCUT2D eigenvalue weighted by atomic mass is 16.3. The number of hydrogen-bond donors (Lipinski definition) is 2. The molecule has 3 rings (SSSR count). The van der Waals surface area contributed by atoms with E-state index in [1.165, 1.54) is 18.2 Å². The van der Waals surface area contributed by atoms with Crippen molar-refractivity contribution in [1.82, 2.24) is 0 Å². The second-order valence-electron chi connectivity index (χ2n) is 4.15. The molecule has 0 aliphatic heterocycles. The Kier molecular flexibility index (Phi) is 2.01. The van der Waals surface area contributed by atoms with Crippen LogP contribution in [-0.2, 0) is 9.59 Å². The number of hydrogen-bond acceptors (Lipinski definition) is 4. The molecule has 0 saturated heterocycles. The molecule has 0 aromatic heterocycles. The summed E-state index contributed by atoms with van der Waals surface area (Å²) in [6, 6.07) is 6.25. The average Bonchev–Trinajstić information content (AvgIpc) is 2.33. The van der Waals surface area contributed by atoms with Crippen molar-refractivity contribution in [2.24, 2.45) is 0 Å². The van der Waals surface area contributed by atoms with Crippen LogP contribution in [0.15, 0.2) is 24.3 Å². The zero-order valence-corrected chi connectivity index (χ0v) is 9.18. The second kappa shape index (κ2) is 3.43. The minimum absolute atomic E-state index is 0.0277. The first-order valence-corrected chi connectivity index (χ1v) is 5.33. The van der Waals surface area contributed by atoms with E-state index in [-0.39, 0.29) is 11.5 Å². The van der Waals surface area contributed by atoms with E-state index in [1.54, 1.807) is 12.1 Å². The lowest BCUT2D eigenvalue weighted by Gasteiger charge is -2.06. The standard InChI is InChI=1S/C14H8O4/c15-9-2-1-7-3-8-4-12(16)13(17)6-11(8)14(18)10(7)5-9/h1-6,15,18H. The number of aromatic hydroxyl groups is 2. The van der Waals surface area contributed by atoms with Crippen LogP contribution in [0.3, 0.4) is 0 Å². The van der Waals surface area contributed by atoms with Gasteiger partial charge < -0.3 is 10.2 Å². The van der Waals surface area contributed by atoms with E-state index >= 15 is 0 Å². The fraction of sp³-hybridized carbons (Fsp3) is 0. The first-order valence-electron chi connectivity index (χ1n) is 5.33. The number of carbonyl (C=O) groups is 2. The third kappa shape index (κ3) is 1.39. The van der Waals surface area contributed by atoms with Crippen LogP contribution in [0.1, 0.15) is 0 Å². The molecule has 2 aromatic rings. The number of phenolic OH excluding ortho intramolecular Hbond substituents is 2. The van der Waals surface area contributed by atoms with Gasteiger partial charge in [0.25, 0.3) is 0 Å². The topological polar surface area (TPSA) is 74.6 Å². The first kappa shape index (κ1) is 10.5. The highest BCUT2D eigenvalue weighted by Gasteiger charge is 2.15. The summed E-state index contributed by atoms with van der Waals surface area (Å²) in [5, 5.41) is 21.5. The summed E-state index contributed by atoms with van der Waals surface area (Å²) in [6.45, 7) is 0. The van der Waals surface area contributed by atoms with Crippen LogP contribution in [0.2, 0.25) is 0 Å². The lowest BCUT2D eigenvalue weighted by atomic mass is 10.00. The van der Waals surface area contributed by atoms with Crippen molar-refractivity contribution >= 4 is 34.5 Å². The van der Waals surface area contributed by atoms with Crippen molar-refractivity contribution in [3.05, 3.63) is 34.7 Å². The molecule has 18 heavy (non-hydrogen) atoms. The van der Waals surface area contributed by atoms with E-state index in [4.69, 9.17) is 0 Å². The van der Waals surface area contributed by atoms with E-state index in [0.717, 1.165) is 6.08 Å². The van der Waals surface area contributed by atoms with Crippen molar-refractivity contribution in [2.75, 3.05) is 0 Å². The van der Waals surface area contributed by atoms with E-state index in [9.17, 15) is 19.8 Å². The molecule has 0 radical (unpaired) electrons. The number of carbonyl (C=O) groups excluding carboxylic acids is 2. The molecule has 0 bridgehead atoms. The number of Topliss-reactive ketones (excluding diaryl/α,β-unsaturated/α-hetero) is 2. The molecule has 2 aromatic carbocycles. The van der Waals surface area contributed by atoms with Crippen LogP contribution in [0, 0.1) is 0 Å². The first-order chi connectivity index (χ1) is 8.56. The zero-order valence-electron chi connectivity index (χ0n) is 9.18. The fourth-order valence-electron chi connectivity index (χ4n) is 2.09. The van der Waals surface area contributed by atoms with Gasteiger partial charge in [-0.3, -0.25) is 9.59 Å². The molecular weight excluding hydrogens is 232 g/mol. The lowest BCUT2D eigenvalue weighted by molar-refractivity contribution is -0.129. The summed E-state index contributed by atoms with van der Waals surface area (Å²) in [5.41, 5.74) is 0. The molecule has 88 valence electrons. The van der Waals surface area contributed by atoms with Crippen molar-refractivity contribution < 1.29 is 19.8 Å². The van der Waals surface area contributed by atoms with Crippen LogP contribution in [0.5, 0.6) is 11.5 Å². The van der Waals surface area contributed by atoms with Gasteiger partial charge in [0.15, 0.2) is 0 Å². The summed E-state index contributed by atoms with van der Waals surface area (Å²) >= 11 is 0. The fourth-order valence-corrected chi connectivity index (χ4v) is 2.09. The molecule has 0 saturated carbocycles. The lowest BCUT2D eigenvalue weighted by Crippen LogP contribution is -2.33. The van der Waals surface area contributed by atoms with Gasteiger partial charge in [-0.2, -0.15) is 0 Å². The molecule has 4 heteroatoms. The van der Waals surface area contributed by atoms with Gasteiger partial charge in [0.1, 0.15) is 11.5 Å². The van der Waals surface area contributed by atoms with Gasteiger partial charge in [-0.25, -0.2) is 0 Å². The summed E-state index contributed by atoms with van der Waals surface area (Å²) in [7, 11) is 0. The van der Waals surface area contributed by atoms with Gasteiger partial charge in [0.05, 0.1) is 0 Å². The van der Waals surface area contributed by atoms with Gasteiger partial charge >= 0.3 is 0 Å². The SMILES string of the molecule is O=C1C=c2cc3ccc(O)cc3c(O)c2=CC1=O. The molecule has 0 atom stereocenters. The van der Waals surface area contributed by atoms with Gasteiger partial charge in [-0.15, -0.1) is 0 Å². The van der Waals surface area contributed by atoms with Crippen LogP contribution < -0.4 is 10.4 Å². The van der Waals surface area contributed by atoms with Crippen LogP contribution in [0.4, 0.5) is 0 Å². The van der Waals surface area contributed by atoms with Gasteiger partial charge in [0.2, 0.25) is 11.6 Å². The predicted molar refractivity (Wildman–Crippen MR) is 65.5 cm³/mol. The maximum atomic E-state index is 11.3. The highest BCUT2D eigenvalue weighted by Crippen LogP contribution is 2.24. The molecule has 4 nitrogen and oxygen atoms in total. The number of fused-ring (bicyclic) bond motifs is 2. The number of phenols is 2. The Morgan fingerprint density at radius 3 is 2.39 bits per heavy atom. The maximum Gasteiger partial charge on any atom is 0.226 e. The number of rotatable bonds is 0. The van der Waals surface area contributed by atoms with E-state index in [1.807, 2.05) is 0 Å². The maximum absolute atomic E-state index is 11.3. The number of benzene rings is 2. The Morgan fingerprint density at radius 2 is 1.61 bits per heavy atom. The quantitative estimate of drug-likeness (QED) is 0.634. The predicted octanol–water partition coefficient (Wildman–Crippen LogP) is -0.0362. The Morgan fingerprint density at radius 1 is 0.889 bits per heavy atom. The van der Waals surface area contributed by atoms with Crippen molar-refractivity contribution in [3.63, 3.8) is 0 Å². The van der Waals surface area contributed by atoms with Crippen molar-refractivity contribution in [2.45, 2.75) is 0 Å². The summed E-state index contributed by atoms with van der Waals surface area (Å²) in [4.78, 5) is 22.6. The van der Waals surface area contributed by atoms with Crippen LogP contribution >= 0.6 is 0 Å². The molecule has 2 N–H and O–H groups in total. The molecule has 1 aliphatic carbocycles. The molecule has 0 spiro atoms. The Balaban J connectivity index is 2.55. The second-order valence-corrected chi connectivity index (χ2v) is 4.15. The summed E-state index contributed by atoms with van der Waals surface area (Å²) in [6.07, 6.45) is 2.33. The average molecular weight is 240 g/mol. The number of ketones is 2. The minimum Gasteiger partial charge on any atom is -0.508 e. The Labute approximate surface area is 101 Å². The van der Waals surface area contributed by atoms with Crippen molar-refractivity contribution in [3.8, 4) is 11.5 Å². The summed E-state index contributed by atoms with van der Waals surface area (Å²) in [5.74, 6) is -1.33. The third-order valence-corrected chi connectivity index (χ3v) is 2.97. The minimum atomic E-state index is -0.655. The zero-order chi connectivity index (χ0) is 12.9. The smallest absolute Gasteiger partial charge is 0.226 e. The molecular formula is C14H8O4. The third-order valence-electron chi connectivity index (χ3n) is 2.97. The van der Waals surface area contributed by atoms with Gasteiger partial charge in [-0.05, 0) is 34.9 Å². The largest absolute Gasteiger partial charge is 0.508 e. The molecule has 0 amide bonds. The van der Waals surface area contributed by atoms with E-state index in [2.05, 4.69) is 0 Å². The normalized spacial score (nSPS) is 14.0. The van der Waals surface area contributed by atoms with Gasteiger partial charge in [-0.1, -0.05) is 6.07 Å². The monoisotopic (exact) mass is 240 g/mol. The molecule has 0 heterocycles. The molecule has 0 fully saturated rings. The molecule has 1 aliphatic rings. The van der Waals surface area contributed by atoms with Crippen LogP contribution in [-0.4, -0.2) is 21.8 Å². The van der Waals surface area contributed by atoms with E-state index < -0.39 is 11.6 Å². The van der Waals surface area contributed by atoms with E-state index in [0.29, 0.717) is 21.2 Å². The Bertz CT molecular complexity index is 831.